The highest BCUT2D eigenvalue weighted by molar-refractivity contribution is 5.97. The van der Waals surface area contributed by atoms with Crippen LogP contribution in [0.15, 0.2) is 46.1 Å². The van der Waals surface area contributed by atoms with Crippen molar-refractivity contribution in [1.29, 1.82) is 0 Å². The summed E-state index contributed by atoms with van der Waals surface area (Å²) in [6.45, 7) is 9.04. The van der Waals surface area contributed by atoms with Gasteiger partial charge in [0.25, 0.3) is 0 Å². The number of rotatable bonds is 6. The lowest BCUT2D eigenvalue weighted by atomic mass is 9.45. The van der Waals surface area contributed by atoms with Crippen molar-refractivity contribution in [3.05, 3.63) is 47.3 Å². The number of aliphatic imine (C=N–C) groups is 1. The van der Waals surface area contributed by atoms with Crippen LogP contribution in [-0.2, 0) is 25.5 Å². The maximum absolute atomic E-state index is 13.9. The molecule has 44 heavy (non-hydrogen) atoms. The Morgan fingerprint density at radius 1 is 1.32 bits per heavy atom. The Morgan fingerprint density at radius 3 is 2.91 bits per heavy atom. The van der Waals surface area contributed by atoms with Crippen LogP contribution in [0.1, 0.15) is 71.6 Å². The fourth-order valence-corrected chi connectivity index (χ4v) is 9.88. The summed E-state index contributed by atoms with van der Waals surface area (Å²) in [5.74, 6) is 0.128. The third-order valence-electron chi connectivity index (χ3n) is 11.5. The standard InChI is InChI=1S/C34H41N5O5/c1-6-35-38-23-8-7-9-24(13-23)39-27-12-22-10-11-25-26-14-30-34(37-19(2)44-30,29(42)18-43-20(3)40)33(26,5)16-28(41)31(25)32(22,4)15-21(27)17-36-39/h6-9,12-13,17,25-26,28,30-31,38,41H,10-11,14-16,18H2,1-5H3/b35-6-/t25-,26-,28-,30+,31+,32-,33-,34+/m0/s1. The van der Waals surface area contributed by atoms with E-state index in [0.29, 0.717) is 18.7 Å². The molecule has 8 atom stereocenters. The van der Waals surface area contributed by atoms with E-state index in [4.69, 9.17) is 19.6 Å². The van der Waals surface area contributed by atoms with Crippen LogP contribution in [-0.4, -0.2) is 63.1 Å². The van der Waals surface area contributed by atoms with Crippen LogP contribution >= 0.6 is 0 Å². The number of aromatic nitrogens is 2. The fraction of sp³-hybridized carbons (Fsp3) is 0.559. The Kier molecular flexibility index (Phi) is 6.66. The number of carbonyl (C=O) groups is 2. The highest BCUT2D eigenvalue weighted by atomic mass is 16.5. The summed E-state index contributed by atoms with van der Waals surface area (Å²) in [7, 11) is 0. The van der Waals surface area contributed by atoms with Crippen molar-refractivity contribution in [2.24, 2.45) is 38.7 Å². The molecule has 3 saturated carbocycles. The number of nitrogens with zero attached hydrogens (tertiary/aromatic N) is 4. The van der Waals surface area contributed by atoms with Crippen LogP contribution in [0.2, 0.25) is 0 Å². The summed E-state index contributed by atoms with van der Waals surface area (Å²) in [5.41, 5.74) is 6.49. The molecular formula is C34H41N5O5. The van der Waals surface area contributed by atoms with Crippen LogP contribution in [0.4, 0.5) is 5.69 Å². The quantitative estimate of drug-likeness (QED) is 0.279. The number of aliphatic hydroxyl groups excluding tert-OH is 1. The second-order valence-electron chi connectivity index (χ2n) is 13.7. The number of carbonyl (C=O) groups excluding carboxylic acids is 2. The molecule has 2 aromatic rings. The van der Waals surface area contributed by atoms with Gasteiger partial charge in [-0.1, -0.05) is 25.5 Å². The molecule has 0 spiro atoms. The highest BCUT2D eigenvalue weighted by Crippen LogP contribution is 2.69. The highest BCUT2D eigenvalue weighted by Gasteiger charge is 2.74. The Labute approximate surface area is 257 Å². The summed E-state index contributed by atoms with van der Waals surface area (Å²) < 4.78 is 13.4. The number of benzene rings is 1. The number of anilines is 1. The number of hydrogen-bond donors (Lipinski definition) is 2. The first-order valence-electron chi connectivity index (χ1n) is 15.7. The summed E-state index contributed by atoms with van der Waals surface area (Å²) in [6, 6.07) is 8.06. The third kappa shape index (κ3) is 3.99. The lowest BCUT2D eigenvalue weighted by molar-refractivity contribution is -0.156. The largest absolute Gasteiger partial charge is 0.475 e. The number of nitrogens with one attached hydrogen (secondary N) is 1. The second kappa shape index (κ2) is 10.1. The molecule has 0 amide bonds. The Balaban J connectivity index is 1.22. The number of ether oxygens (including phenoxy) is 2. The molecule has 0 unspecified atom stereocenters. The van der Waals surface area contributed by atoms with E-state index in [9.17, 15) is 14.7 Å². The van der Waals surface area contributed by atoms with Gasteiger partial charge in [-0.05, 0) is 92.0 Å². The van der Waals surface area contributed by atoms with Crippen LogP contribution in [0.3, 0.4) is 0 Å². The SMILES string of the molecule is C/C=N\Nc1cccc(-n2ncc3c2C=C2CC[C@@H]4[C@H]([C@@H](O)C[C@@]5(C)[C@H]4C[C@H]4OC(C)=N[C@]45C(=O)COC(C)=O)[C@@]2(C)C3)c1. The molecule has 10 nitrogen and oxygen atoms in total. The molecule has 2 heterocycles. The number of aliphatic hydroxyl groups is 1. The van der Waals surface area contributed by atoms with Gasteiger partial charge in [0, 0.05) is 25.5 Å². The summed E-state index contributed by atoms with van der Waals surface area (Å²) in [4.78, 5) is 30.4. The van der Waals surface area contributed by atoms with E-state index < -0.39 is 29.1 Å². The maximum atomic E-state index is 13.9. The summed E-state index contributed by atoms with van der Waals surface area (Å²) >= 11 is 0. The molecule has 7 rings (SSSR count). The van der Waals surface area contributed by atoms with E-state index in [-0.39, 0.29) is 35.6 Å². The zero-order chi connectivity index (χ0) is 31.0. The second-order valence-corrected chi connectivity index (χ2v) is 13.7. The van der Waals surface area contributed by atoms with Crippen molar-refractivity contribution in [2.45, 2.75) is 84.5 Å². The van der Waals surface area contributed by atoms with Crippen LogP contribution in [0, 0.1) is 28.6 Å². The van der Waals surface area contributed by atoms with Gasteiger partial charge in [-0.25, -0.2) is 9.67 Å². The van der Waals surface area contributed by atoms with Crippen molar-refractivity contribution in [3.8, 4) is 5.69 Å². The number of hydrazone groups is 1. The van der Waals surface area contributed by atoms with Crippen molar-refractivity contribution < 1.29 is 24.2 Å². The molecule has 0 bridgehead atoms. The van der Waals surface area contributed by atoms with Gasteiger partial charge in [-0.15, -0.1) is 0 Å². The summed E-state index contributed by atoms with van der Waals surface area (Å²) in [6.07, 6.45) is 8.71. The number of hydrogen-bond acceptors (Lipinski definition) is 9. The molecule has 1 aliphatic heterocycles. The van der Waals surface area contributed by atoms with Gasteiger partial charge < -0.3 is 14.6 Å². The van der Waals surface area contributed by atoms with Gasteiger partial charge in [-0.3, -0.25) is 15.0 Å². The Morgan fingerprint density at radius 2 is 2.14 bits per heavy atom. The van der Waals surface area contributed by atoms with Gasteiger partial charge in [0.2, 0.25) is 5.78 Å². The topological polar surface area (TPSA) is 127 Å². The molecule has 3 fully saturated rings. The van der Waals surface area contributed by atoms with Gasteiger partial charge in [0.05, 0.1) is 29.4 Å². The first kappa shape index (κ1) is 29.0. The minimum absolute atomic E-state index is 0.0287. The number of allylic oxidation sites excluding steroid dienone is 1. The zero-order valence-corrected chi connectivity index (χ0v) is 26.0. The van der Waals surface area contributed by atoms with Gasteiger partial charge in [0.15, 0.2) is 18.0 Å². The van der Waals surface area contributed by atoms with E-state index in [0.717, 1.165) is 36.3 Å². The average molecular weight is 600 g/mol. The number of esters is 1. The Bertz CT molecular complexity index is 1630. The zero-order valence-electron chi connectivity index (χ0n) is 26.0. The molecule has 4 aliphatic carbocycles. The lowest BCUT2D eigenvalue weighted by Crippen LogP contribution is -2.62. The Hall–Kier alpha value is -3.79. The van der Waals surface area contributed by atoms with Crippen molar-refractivity contribution in [3.63, 3.8) is 0 Å². The average Bonchev–Trinajstić information content (AvgIpc) is 3.61. The number of fused-ring (bicyclic) bond motifs is 8. The molecular weight excluding hydrogens is 558 g/mol. The molecule has 10 heteroatoms. The van der Waals surface area contributed by atoms with Gasteiger partial charge in [0.1, 0.15) is 6.10 Å². The molecule has 0 saturated heterocycles. The van der Waals surface area contributed by atoms with E-state index in [1.165, 1.54) is 18.1 Å². The normalized spacial score (nSPS) is 36.6. The van der Waals surface area contributed by atoms with Gasteiger partial charge in [-0.2, -0.15) is 10.2 Å². The molecule has 0 radical (unpaired) electrons. The molecule has 2 N–H and O–H groups in total. The molecule has 232 valence electrons. The smallest absolute Gasteiger partial charge is 0.303 e. The van der Waals surface area contributed by atoms with E-state index in [2.05, 4.69) is 30.5 Å². The monoisotopic (exact) mass is 599 g/mol. The molecule has 5 aliphatic rings. The van der Waals surface area contributed by atoms with E-state index in [1.54, 1.807) is 13.1 Å². The summed E-state index contributed by atoms with van der Waals surface area (Å²) in [5, 5.41) is 21.1. The van der Waals surface area contributed by atoms with Gasteiger partial charge >= 0.3 is 5.97 Å². The fourth-order valence-electron chi connectivity index (χ4n) is 9.88. The van der Waals surface area contributed by atoms with E-state index >= 15 is 0 Å². The molecule has 1 aromatic heterocycles. The maximum Gasteiger partial charge on any atom is 0.303 e. The minimum Gasteiger partial charge on any atom is -0.475 e. The third-order valence-corrected chi connectivity index (χ3v) is 11.5. The van der Waals surface area contributed by atoms with Crippen molar-refractivity contribution in [2.75, 3.05) is 12.0 Å². The predicted molar refractivity (Wildman–Crippen MR) is 167 cm³/mol. The first-order chi connectivity index (χ1) is 21.0. The van der Waals surface area contributed by atoms with Crippen molar-refractivity contribution >= 4 is 35.6 Å². The lowest BCUT2D eigenvalue weighted by Gasteiger charge is -2.60. The molecule has 1 aromatic carbocycles. The first-order valence-corrected chi connectivity index (χ1v) is 15.7. The van der Waals surface area contributed by atoms with E-state index in [1.807, 2.05) is 42.1 Å². The van der Waals surface area contributed by atoms with Crippen LogP contribution in [0.5, 0.6) is 0 Å². The minimum atomic E-state index is -1.16. The van der Waals surface area contributed by atoms with Crippen LogP contribution < -0.4 is 5.43 Å². The predicted octanol–water partition coefficient (Wildman–Crippen LogP) is 4.74. The van der Waals surface area contributed by atoms with Crippen LogP contribution in [0.25, 0.3) is 11.8 Å². The number of Topliss-reactive ketones (excluding diaryl/α,β-unsaturated/α-hetero) is 1. The number of ketones is 1. The van der Waals surface area contributed by atoms with Crippen molar-refractivity contribution in [1.82, 2.24) is 9.78 Å².